The fourth-order valence-electron chi connectivity index (χ4n) is 2.28. The molecule has 0 amide bonds. The molecule has 0 radical (unpaired) electrons. The Kier molecular flexibility index (Phi) is 3.31. The van der Waals surface area contributed by atoms with Gasteiger partial charge in [-0.3, -0.25) is 0 Å². The Morgan fingerprint density at radius 2 is 2.16 bits per heavy atom. The van der Waals surface area contributed by atoms with Crippen molar-refractivity contribution in [1.82, 2.24) is 10.2 Å². The number of fused-ring (bicyclic) bond motifs is 1. The van der Waals surface area contributed by atoms with Crippen molar-refractivity contribution in [2.45, 2.75) is 19.8 Å². The number of ether oxygens (including phenoxy) is 1. The molecule has 1 N–H and O–H groups in total. The second kappa shape index (κ2) is 5.26. The van der Waals surface area contributed by atoms with Crippen LogP contribution in [0.2, 0.25) is 0 Å². The van der Waals surface area contributed by atoms with Crippen LogP contribution in [0.1, 0.15) is 18.9 Å². The lowest BCUT2D eigenvalue weighted by atomic mass is 10.0. The summed E-state index contributed by atoms with van der Waals surface area (Å²) in [6.07, 6.45) is 2.16. The molecular formula is C15H17N3O. The molecule has 0 bridgehead atoms. The minimum absolute atomic E-state index is 0.813. The summed E-state index contributed by atoms with van der Waals surface area (Å²) in [6, 6.07) is 10.2. The summed E-state index contributed by atoms with van der Waals surface area (Å²) in [6.45, 7) is 3.72. The minimum atomic E-state index is 0.813. The quantitative estimate of drug-likeness (QED) is 0.916. The Morgan fingerprint density at radius 1 is 1.21 bits per heavy atom. The van der Waals surface area contributed by atoms with Gasteiger partial charge in [-0.25, -0.2) is 0 Å². The molecule has 0 atom stereocenters. The van der Waals surface area contributed by atoms with E-state index in [1.807, 2.05) is 31.2 Å². The first kappa shape index (κ1) is 12.0. The van der Waals surface area contributed by atoms with Gasteiger partial charge < -0.3 is 10.1 Å². The highest BCUT2D eigenvalue weighted by atomic mass is 16.5. The van der Waals surface area contributed by atoms with Crippen LogP contribution in [0.25, 0.3) is 11.3 Å². The maximum atomic E-state index is 5.62. The highest BCUT2D eigenvalue weighted by Crippen LogP contribution is 2.29. The third kappa shape index (κ3) is 2.52. The van der Waals surface area contributed by atoms with Gasteiger partial charge in [-0.1, -0.05) is 0 Å². The monoisotopic (exact) mass is 255 g/mol. The number of rotatable bonds is 3. The fourth-order valence-corrected chi connectivity index (χ4v) is 2.28. The average Bonchev–Trinajstić information content (AvgIpc) is 2.48. The van der Waals surface area contributed by atoms with Gasteiger partial charge in [-0.2, -0.15) is 0 Å². The lowest BCUT2D eigenvalue weighted by Crippen LogP contribution is -2.08. The van der Waals surface area contributed by atoms with Gasteiger partial charge in [0.2, 0.25) is 0 Å². The van der Waals surface area contributed by atoms with Crippen molar-refractivity contribution in [3.63, 3.8) is 0 Å². The summed E-state index contributed by atoms with van der Waals surface area (Å²) < 4.78 is 5.62. The van der Waals surface area contributed by atoms with E-state index in [4.69, 9.17) is 4.74 Å². The van der Waals surface area contributed by atoms with Crippen molar-refractivity contribution in [1.29, 1.82) is 0 Å². The molecule has 0 unspecified atom stereocenters. The van der Waals surface area contributed by atoms with Crippen LogP contribution in [-0.2, 0) is 6.42 Å². The molecule has 4 nitrogen and oxygen atoms in total. The number of anilines is 1. The molecule has 1 aliphatic rings. The Balaban J connectivity index is 1.89. The molecule has 0 saturated carbocycles. The first-order chi connectivity index (χ1) is 9.36. The Morgan fingerprint density at radius 3 is 2.95 bits per heavy atom. The van der Waals surface area contributed by atoms with Crippen molar-refractivity contribution in [3.8, 4) is 17.0 Å². The molecule has 0 fully saturated rings. The van der Waals surface area contributed by atoms with E-state index in [2.05, 4.69) is 21.6 Å². The molecule has 0 spiro atoms. The Hall–Kier alpha value is -2.10. The topological polar surface area (TPSA) is 47.0 Å². The molecule has 3 rings (SSSR count). The lowest BCUT2D eigenvalue weighted by Gasteiger charge is -2.17. The molecule has 2 aromatic rings. The number of nitrogens with zero attached hydrogens (tertiary/aromatic N) is 2. The number of benzene rings is 1. The van der Waals surface area contributed by atoms with Crippen molar-refractivity contribution >= 4 is 5.82 Å². The first-order valence-corrected chi connectivity index (χ1v) is 6.70. The molecule has 2 heterocycles. The molecule has 19 heavy (non-hydrogen) atoms. The first-order valence-electron chi connectivity index (χ1n) is 6.70. The predicted molar refractivity (Wildman–Crippen MR) is 75.4 cm³/mol. The molecule has 1 aromatic heterocycles. The van der Waals surface area contributed by atoms with E-state index < -0.39 is 0 Å². The molecule has 4 heteroatoms. The summed E-state index contributed by atoms with van der Waals surface area (Å²) in [7, 11) is 0. The molecule has 1 aliphatic heterocycles. The second-order valence-corrected chi connectivity index (χ2v) is 4.61. The summed E-state index contributed by atoms with van der Waals surface area (Å²) in [5.74, 6) is 1.82. The van der Waals surface area contributed by atoms with E-state index in [0.29, 0.717) is 0 Å². The normalized spacial score (nSPS) is 13.5. The van der Waals surface area contributed by atoms with E-state index in [0.717, 1.165) is 48.8 Å². The fraction of sp³-hybridized carbons (Fsp3) is 0.333. The van der Waals surface area contributed by atoms with Gasteiger partial charge in [0.05, 0.1) is 12.3 Å². The van der Waals surface area contributed by atoms with Crippen LogP contribution in [0.4, 0.5) is 5.82 Å². The highest BCUT2D eigenvalue weighted by molar-refractivity contribution is 5.62. The minimum Gasteiger partial charge on any atom is -0.493 e. The zero-order valence-electron chi connectivity index (χ0n) is 11.0. The second-order valence-electron chi connectivity index (χ2n) is 4.61. The number of aromatic nitrogens is 2. The molecule has 0 aliphatic carbocycles. The van der Waals surface area contributed by atoms with Crippen LogP contribution >= 0.6 is 0 Å². The van der Waals surface area contributed by atoms with E-state index >= 15 is 0 Å². The number of aryl methyl sites for hydroxylation is 1. The van der Waals surface area contributed by atoms with Gasteiger partial charge in [0, 0.05) is 12.1 Å². The van der Waals surface area contributed by atoms with E-state index in [9.17, 15) is 0 Å². The molecule has 0 saturated heterocycles. The van der Waals surface area contributed by atoms with Gasteiger partial charge in [-0.05, 0) is 55.7 Å². The third-order valence-electron chi connectivity index (χ3n) is 3.23. The van der Waals surface area contributed by atoms with Crippen LogP contribution in [0.15, 0.2) is 30.3 Å². The number of hydrogen-bond acceptors (Lipinski definition) is 4. The van der Waals surface area contributed by atoms with Crippen LogP contribution in [0.3, 0.4) is 0 Å². The molecule has 1 aromatic carbocycles. The maximum Gasteiger partial charge on any atom is 0.148 e. The number of hydrogen-bond donors (Lipinski definition) is 1. The zero-order chi connectivity index (χ0) is 13.1. The Labute approximate surface area is 112 Å². The van der Waals surface area contributed by atoms with E-state index in [-0.39, 0.29) is 0 Å². The van der Waals surface area contributed by atoms with Crippen molar-refractivity contribution in [2.24, 2.45) is 0 Å². The third-order valence-corrected chi connectivity index (χ3v) is 3.23. The Bertz CT molecular complexity index is 566. The van der Waals surface area contributed by atoms with Crippen molar-refractivity contribution < 1.29 is 4.74 Å². The predicted octanol–water partition coefficient (Wildman–Crippen LogP) is 2.90. The van der Waals surface area contributed by atoms with Gasteiger partial charge in [-0.15, -0.1) is 10.2 Å². The van der Waals surface area contributed by atoms with Crippen LogP contribution in [-0.4, -0.2) is 23.3 Å². The van der Waals surface area contributed by atoms with E-state index in [1.54, 1.807) is 0 Å². The molecular weight excluding hydrogens is 238 g/mol. The smallest absolute Gasteiger partial charge is 0.148 e. The summed E-state index contributed by atoms with van der Waals surface area (Å²) in [4.78, 5) is 0. The van der Waals surface area contributed by atoms with Gasteiger partial charge in [0.1, 0.15) is 11.6 Å². The average molecular weight is 255 g/mol. The molecule has 98 valence electrons. The summed E-state index contributed by atoms with van der Waals surface area (Å²) in [5, 5.41) is 11.6. The van der Waals surface area contributed by atoms with Crippen molar-refractivity contribution in [3.05, 3.63) is 35.9 Å². The SMILES string of the molecule is CCNc1ccc(-c2ccc3c(c2)CCCO3)nn1. The lowest BCUT2D eigenvalue weighted by molar-refractivity contribution is 0.288. The zero-order valence-corrected chi connectivity index (χ0v) is 11.0. The van der Waals surface area contributed by atoms with Crippen LogP contribution < -0.4 is 10.1 Å². The largest absolute Gasteiger partial charge is 0.493 e. The van der Waals surface area contributed by atoms with E-state index in [1.165, 1.54) is 5.56 Å². The summed E-state index contributed by atoms with van der Waals surface area (Å²) in [5.41, 5.74) is 3.26. The standard InChI is InChI=1S/C15H17N3O/c1-2-16-15-8-6-13(17-18-15)11-5-7-14-12(10-11)4-3-9-19-14/h5-8,10H,2-4,9H2,1H3,(H,16,18). The van der Waals surface area contributed by atoms with Crippen molar-refractivity contribution in [2.75, 3.05) is 18.5 Å². The van der Waals surface area contributed by atoms with Gasteiger partial charge in [0.15, 0.2) is 0 Å². The maximum absolute atomic E-state index is 5.62. The van der Waals surface area contributed by atoms with Gasteiger partial charge >= 0.3 is 0 Å². The highest BCUT2D eigenvalue weighted by Gasteiger charge is 2.11. The number of nitrogens with one attached hydrogen (secondary N) is 1. The van der Waals surface area contributed by atoms with Crippen LogP contribution in [0, 0.1) is 0 Å². The van der Waals surface area contributed by atoms with Crippen LogP contribution in [0.5, 0.6) is 5.75 Å². The van der Waals surface area contributed by atoms with Gasteiger partial charge in [0.25, 0.3) is 0 Å². The summed E-state index contributed by atoms with van der Waals surface area (Å²) >= 11 is 0.